The molecule has 0 aromatic carbocycles. The third kappa shape index (κ3) is 3.63. The molecule has 2 rings (SSSR count). The van der Waals surface area contributed by atoms with Crippen LogP contribution in [0.25, 0.3) is 0 Å². The van der Waals surface area contributed by atoms with Crippen LogP contribution >= 0.6 is 0 Å². The molecule has 0 spiro atoms. The highest BCUT2D eigenvalue weighted by Gasteiger charge is 2.21. The van der Waals surface area contributed by atoms with Gasteiger partial charge in [-0.05, 0) is 58.7 Å². The van der Waals surface area contributed by atoms with Crippen LogP contribution in [0.1, 0.15) is 32.4 Å². The summed E-state index contributed by atoms with van der Waals surface area (Å²) in [5.41, 5.74) is 2.21. The lowest BCUT2D eigenvalue weighted by Gasteiger charge is -2.35. The van der Waals surface area contributed by atoms with Gasteiger partial charge in [0, 0.05) is 18.3 Å². The summed E-state index contributed by atoms with van der Waals surface area (Å²) in [4.78, 5) is 6.80. The molecule has 4 nitrogen and oxygen atoms in total. The molecule has 4 heteroatoms. The van der Waals surface area contributed by atoms with Crippen molar-refractivity contribution in [3.8, 4) is 5.75 Å². The highest BCUT2D eigenvalue weighted by molar-refractivity contribution is 5.58. The van der Waals surface area contributed by atoms with Crippen molar-refractivity contribution >= 4 is 5.69 Å². The summed E-state index contributed by atoms with van der Waals surface area (Å²) in [5, 5.41) is 3.44. The summed E-state index contributed by atoms with van der Waals surface area (Å²) < 4.78 is 5.50. The molecule has 20 heavy (non-hydrogen) atoms. The maximum atomic E-state index is 5.50. The summed E-state index contributed by atoms with van der Waals surface area (Å²) in [6.07, 6.45) is 4.35. The highest BCUT2D eigenvalue weighted by atomic mass is 16.5. The normalized spacial score (nSPS) is 16.4. The second-order valence-electron chi connectivity index (χ2n) is 5.94. The number of hydrogen-bond acceptors (Lipinski definition) is 4. The fourth-order valence-corrected chi connectivity index (χ4v) is 2.84. The first-order chi connectivity index (χ1) is 9.61. The molecule has 1 N–H and O–H groups in total. The third-order valence-electron chi connectivity index (χ3n) is 4.05. The Kier molecular flexibility index (Phi) is 5.24. The monoisotopic (exact) mass is 277 g/mol. The van der Waals surface area contributed by atoms with E-state index in [9.17, 15) is 0 Å². The van der Waals surface area contributed by atoms with E-state index >= 15 is 0 Å². The number of aryl methyl sites for hydroxylation is 1. The van der Waals surface area contributed by atoms with Crippen LogP contribution in [0.5, 0.6) is 5.75 Å². The van der Waals surface area contributed by atoms with Crippen molar-refractivity contribution in [2.75, 3.05) is 31.6 Å². The molecule has 0 aliphatic carbocycles. The van der Waals surface area contributed by atoms with Crippen molar-refractivity contribution in [3.05, 3.63) is 18.0 Å². The Balaban J connectivity index is 2.21. The molecule has 0 bridgehead atoms. The van der Waals surface area contributed by atoms with Gasteiger partial charge in [0.25, 0.3) is 0 Å². The summed E-state index contributed by atoms with van der Waals surface area (Å²) in [5.74, 6) is 1.63. The van der Waals surface area contributed by atoms with E-state index < -0.39 is 0 Å². The second kappa shape index (κ2) is 6.93. The molecule has 0 amide bonds. The number of hydrogen-bond donors (Lipinski definition) is 1. The zero-order valence-corrected chi connectivity index (χ0v) is 13.1. The Labute approximate surface area is 122 Å². The number of nitrogens with zero attached hydrogens (tertiary/aromatic N) is 2. The Morgan fingerprint density at radius 3 is 2.70 bits per heavy atom. The summed E-state index contributed by atoms with van der Waals surface area (Å²) >= 11 is 0. The van der Waals surface area contributed by atoms with Gasteiger partial charge in [-0.2, -0.15) is 0 Å². The third-order valence-corrected chi connectivity index (χ3v) is 4.05. The average molecular weight is 277 g/mol. The van der Waals surface area contributed by atoms with Crippen LogP contribution in [-0.4, -0.2) is 37.8 Å². The van der Waals surface area contributed by atoms with Crippen molar-refractivity contribution in [1.82, 2.24) is 10.3 Å². The van der Waals surface area contributed by atoms with Crippen LogP contribution in [0.2, 0.25) is 0 Å². The molecule has 0 saturated carbocycles. The van der Waals surface area contributed by atoms with Gasteiger partial charge in [0.1, 0.15) is 0 Å². The summed E-state index contributed by atoms with van der Waals surface area (Å²) in [6.45, 7) is 9.91. The van der Waals surface area contributed by atoms with Crippen LogP contribution in [0.15, 0.2) is 12.3 Å². The van der Waals surface area contributed by atoms with Crippen molar-refractivity contribution in [2.45, 2.75) is 39.7 Å². The zero-order chi connectivity index (χ0) is 14.5. The molecule has 0 unspecified atom stereocenters. The number of aromatic nitrogens is 1. The fourth-order valence-electron chi connectivity index (χ4n) is 2.84. The first-order valence-corrected chi connectivity index (χ1v) is 7.59. The van der Waals surface area contributed by atoms with Gasteiger partial charge in [0.05, 0.1) is 19.0 Å². The molecule has 1 aromatic heterocycles. The van der Waals surface area contributed by atoms with Crippen LogP contribution in [0, 0.1) is 12.8 Å². The molecule has 0 atom stereocenters. The lowest BCUT2D eigenvalue weighted by atomic mass is 9.96. The van der Waals surface area contributed by atoms with Gasteiger partial charge in [-0.25, -0.2) is 0 Å². The van der Waals surface area contributed by atoms with Gasteiger partial charge < -0.3 is 15.0 Å². The zero-order valence-electron chi connectivity index (χ0n) is 13.1. The SMILES string of the molecule is COc1cnc(C)cc1N(CC1CCNCC1)C(C)C. The van der Waals surface area contributed by atoms with Gasteiger partial charge in [0.2, 0.25) is 0 Å². The van der Waals surface area contributed by atoms with Crippen LogP contribution in [0.3, 0.4) is 0 Å². The minimum atomic E-state index is 0.459. The molecule has 1 aliphatic heterocycles. The maximum Gasteiger partial charge on any atom is 0.160 e. The number of nitrogens with one attached hydrogen (secondary N) is 1. The standard InChI is InChI=1S/C16H27N3O/c1-12(2)19(11-14-5-7-17-8-6-14)15-9-13(3)18-10-16(15)20-4/h9-10,12,14,17H,5-8,11H2,1-4H3. The predicted molar refractivity (Wildman–Crippen MR) is 83.6 cm³/mol. The Bertz CT molecular complexity index is 428. The van der Waals surface area contributed by atoms with Crippen molar-refractivity contribution in [3.63, 3.8) is 0 Å². The Morgan fingerprint density at radius 2 is 2.10 bits per heavy atom. The lowest BCUT2D eigenvalue weighted by molar-refractivity contribution is 0.364. The smallest absolute Gasteiger partial charge is 0.160 e. The number of methoxy groups -OCH3 is 1. The number of ether oxygens (including phenoxy) is 1. The van der Waals surface area contributed by atoms with E-state index in [-0.39, 0.29) is 0 Å². The van der Waals surface area contributed by atoms with Crippen molar-refractivity contribution in [1.29, 1.82) is 0 Å². The summed E-state index contributed by atoms with van der Waals surface area (Å²) in [7, 11) is 1.72. The second-order valence-corrected chi connectivity index (χ2v) is 5.94. The van der Waals surface area contributed by atoms with Gasteiger partial charge in [0.15, 0.2) is 5.75 Å². The van der Waals surface area contributed by atoms with Gasteiger partial charge in [-0.1, -0.05) is 0 Å². The number of piperidine rings is 1. The quantitative estimate of drug-likeness (QED) is 0.898. The predicted octanol–water partition coefficient (Wildman–Crippen LogP) is 2.61. The van der Waals surface area contributed by atoms with E-state index in [4.69, 9.17) is 4.74 Å². The number of pyridine rings is 1. The maximum absolute atomic E-state index is 5.50. The minimum absolute atomic E-state index is 0.459. The minimum Gasteiger partial charge on any atom is -0.493 e. The van der Waals surface area contributed by atoms with Gasteiger partial charge in [-0.15, -0.1) is 0 Å². The molecular formula is C16H27N3O. The topological polar surface area (TPSA) is 37.4 Å². The number of anilines is 1. The van der Waals surface area contributed by atoms with Gasteiger partial charge in [-0.3, -0.25) is 4.98 Å². The van der Waals surface area contributed by atoms with Crippen LogP contribution in [-0.2, 0) is 0 Å². The van der Waals surface area contributed by atoms with E-state index in [1.165, 1.54) is 18.5 Å². The van der Waals surface area contributed by atoms with Gasteiger partial charge >= 0.3 is 0 Å². The van der Waals surface area contributed by atoms with E-state index in [1.54, 1.807) is 7.11 Å². The molecule has 1 saturated heterocycles. The largest absolute Gasteiger partial charge is 0.493 e. The molecular weight excluding hydrogens is 250 g/mol. The van der Waals surface area contributed by atoms with E-state index in [1.807, 2.05) is 13.1 Å². The highest BCUT2D eigenvalue weighted by Crippen LogP contribution is 2.31. The first kappa shape index (κ1) is 15.1. The lowest BCUT2D eigenvalue weighted by Crippen LogP contribution is -2.39. The van der Waals surface area contributed by atoms with Crippen molar-refractivity contribution < 1.29 is 4.74 Å². The molecule has 1 fully saturated rings. The molecule has 1 aromatic rings. The molecule has 0 radical (unpaired) electrons. The molecule has 2 heterocycles. The Morgan fingerprint density at radius 1 is 1.40 bits per heavy atom. The fraction of sp³-hybridized carbons (Fsp3) is 0.688. The van der Waals surface area contributed by atoms with Crippen LogP contribution in [0.4, 0.5) is 5.69 Å². The van der Waals surface area contributed by atoms with E-state index in [0.29, 0.717) is 6.04 Å². The first-order valence-electron chi connectivity index (χ1n) is 7.59. The van der Waals surface area contributed by atoms with E-state index in [0.717, 1.165) is 37.0 Å². The number of rotatable bonds is 5. The average Bonchev–Trinajstić information content (AvgIpc) is 2.45. The van der Waals surface area contributed by atoms with Crippen molar-refractivity contribution in [2.24, 2.45) is 5.92 Å². The Hall–Kier alpha value is -1.29. The van der Waals surface area contributed by atoms with Crippen LogP contribution < -0.4 is 15.0 Å². The molecule has 1 aliphatic rings. The summed E-state index contributed by atoms with van der Waals surface area (Å²) in [6, 6.07) is 2.60. The molecule has 112 valence electrons. The van der Waals surface area contributed by atoms with E-state index in [2.05, 4.69) is 35.1 Å².